The number of imidazole rings is 1. The van der Waals surface area contributed by atoms with Gasteiger partial charge >= 0.3 is 0 Å². The molecule has 12 heteroatoms. The quantitative estimate of drug-likeness (QED) is 0.120. The molecular weight excluding hydrogens is 685 g/mol. The summed E-state index contributed by atoms with van der Waals surface area (Å²) in [5.74, 6) is 0.115. The van der Waals surface area contributed by atoms with Crippen molar-refractivity contribution >= 4 is 33.4 Å². The number of hydrogen-bond acceptors (Lipinski definition) is 8. The first-order valence-electron chi connectivity index (χ1n) is 16.7. The summed E-state index contributed by atoms with van der Waals surface area (Å²) in [6.07, 6.45) is 2.54. The highest BCUT2D eigenvalue weighted by atomic mass is 32.2. The molecule has 1 amide bonds. The van der Waals surface area contributed by atoms with Gasteiger partial charge in [0.25, 0.3) is 0 Å². The van der Waals surface area contributed by atoms with Gasteiger partial charge in [-0.1, -0.05) is 103 Å². The molecule has 1 aliphatic rings. The number of carbonyl (C=O) groups is 1. The van der Waals surface area contributed by atoms with Gasteiger partial charge in [-0.2, -0.15) is 4.72 Å². The van der Waals surface area contributed by atoms with Crippen molar-refractivity contribution in [2.24, 2.45) is 13.0 Å². The second kappa shape index (κ2) is 16.4. The molecule has 0 aliphatic carbocycles. The number of sulfonamides is 1. The van der Waals surface area contributed by atoms with Gasteiger partial charge in [0, 0.05) is 42.4 Å². The normalized spacial score (nSPS) is 19.8. The van der Waals surface area contributed by atoms with Crippen LogP contribution in [0.4, 0.5) is 5.69 Å². The van der Waals surface area contributed by atoms with E-state index < -0.39 is 28.3 Å². The van der Waals surface area contributed by atoms with Crippen LogP contribution >= 0.6 is 11.8 Å². The molecule has 1 aromatic heterocycles. The summed E-state index contributed by atoms with van der Waals surface area (Å²) >= 11 is 1.61. The maximum absolute atomic E-state index is 13.8. The molecule has 6 rings (SSSR count). The van der Waals surface area contributed by atoms with Crippen molar-refractivity contribution in [3.05, 3.63) is 143 Å². The van der Waals surface area contributed by atoms with Crippen molar-refractivity contribution in [2.75, 3.05) is 11.1 Å². The average Bonchev–Trinajstić information content (AvgIpc) is 3.55. The summed E-state index contributed by atoms with van der Waals surface area (Å²) in [5.41, 5.74) is 4.68. The number of hydrogen-bond donors (Lipinski definition) is 3. The fourth-order valence-electron chi connectivity index (χ4n) is 5.96. The SMILES string of the molecule is Cc1ccc(S(=O)(=O)N[C@H](Cc2ccccc2)C(=O)Nc2cccc([C@H]3O[C@@H](CSc4nccn4C)[C@@H](C)[C@@H](c4ccc(CO)cc4)O3)c2)cc1. The van der Waals surface area contributed by atoms with Crippen molar-refractivity contribution < 1.29 is 27.8 Å². The number of benzene rings is 4. The van der Waals surface area contributed by atoms with Crippen molar-refractivity contribution in [1.82, 2.24) is 14.3 Å². The Balaban J connectivity index is 1.24. The Labute approximate surface area is 303 Å². The molecule has 0 unspecified atom stereocenters. The molecule has 5 aromatic rings. The lowest BCUT2D eigenvalue weighted by Gasteiger charge is -2.41. The van der Waals surface area contributed by atoms with Gasteiger partial charge in [-0.25, -0.2) is 13.4 Å². The second-order valence-corrected chi connectivity index (χ2v) is 15.4. The van der Waals surface area contributed by atoms with Crippen LogP contribution in [0.15, 0.2) is 126 Å². The van der Waals surface area contributed by atoms with E-state index in [0.717, 1.165) is 27.4 Å². The minimum atomic E-state index is -4.00. The first-order valence-corrected chi connectivity index (χ1v) is 19.2. The van der Waals surface area contributed by atoms with Gasteiger partial charge in [0.2, 0.25) is 15.9 Å². The van der Waals surface area contributed by atoms with E-state index in [1.165, 1.54) is 12.1 Å². The Morgan fingerprint density at radius 1 is 0.941 bits per heavy atom. The predicted octanol–water partition coefficient (Wildman–Crippen LogP) is 6.33. The summed E-state index contributed by atoms with van der Waals surface area (Å²) in [6, 6.07) is 29.6. The van der Waals surface area contributed by atoms with Gasteiger partial charge in [0.1, 0.15) is 6.04 Å². The summed E-state index contributed by atoms with van der Waals surface area (Å²) < 4.78 is 44.6. The van der Waals surface area contributed by atoms with Crippen LogP contribution in [0.25, 0.3) is 0 Å². The lowest BCUT2D eigenvalue weighted by atomic mass is 9.91. The third-order valence-corrected chi connectivity index (χ3v) is 11.6. The lowest BCUT2D eigenvalue weighted by Crippen LogP contribution is -2.45. The average molecular weight is 727 g/mol. The van der Waals surface area contributed by atoms with E-state index in [1.807, 2.05) is 85.4 Å². The topological polar surface area (TPSA) is 132 Å². The van der Waals surface area contributed by atoms with Gasteiger partial charge in [-0.3, -0.25) is 4.79 Å². The van der Waals surface area contributed by atoms with Gasteiger partial charge in [0.05, 0.1) is 23.7 Å². The van der Waals surface area contributed by atoms with Crippen molar-refractivity contribution in [2.45, 2.75) is 61.5 Å². The number of nitrogens with one attached hydrogen (secondary N) is 2. The molecule has 0 radical (unpaired) electrons. The summed E-state index contributed by atoms with van der Waals surface area (Å²) in [5, 5.41) is 13.4. The standard InChI is InChI=1S/C39H42N4O6S2/c1-26-12-18-33(19-13-26)51(46,47)42-34(22-28-8-5-4-6-9-28)37(45)41-32-11-7-10-31(23-32)38-48-35(25-50-39-40-20-21-43(39)3)27(2)36(49-38)30-16-14-29(24-44)15-17-30/h4-21,23,27,34-36,38,42,44H,22,24-25H2,1-3H3,(H,41,45)/t27-,34-,35+,36+,38+/m1/s1. The number of thioether (sulfide) groups is 1. The van der Waals surface area contributed by atoms with E-state index in [4.69, 9.17) is 9.47 Å². The maximum atomic E-state index is 13.8. The number of aliphatic hydroxyl groups excluding tert-OH is 1. The van der Waals surface area contributed by atoms with Crippen LogP contribution in [0.1, 0.15) is 47.1 Å². The van der Waals surface area contributed by atoms with E-state index in [2.05, 4.69) is 21.9 Å². The Morgan fingerprint density at radius 2 is 1.69 bits per heavy atom. The largest absolute Gasteiger partial charge is 0.392 e. The Kier molecular flexibility index (Phi) is 11.7. The summed E-state index contributed by atoms with van der Waals surface area (Å²) in [6.45, 7) is 3.93. The molecule has 10 nitrogen and oxygen atoms in total. The van der Waals surface area contributed by atoms with E-state index >= 15 is 0 Å². The molecule has 51 heavy (non-hydrogen) atoms. The molecular formula is C39H42N4O6S2. The smallest absolute Gasteiger partial charge is 0.242 e. The molecule has 4 aromatic carbocycles. The Hall–Kier alpha value is -4.30. The third-order valence-electron chi connectivity index (χ3n) is 8.93. The highest BCUT2D eigenvalue weighted by molar-refractivity contribution is 7.99. The predicted molar refractivity (Wildman–Crippen MR) is 197 cm³/mol. The zero-order chi connectivity index (χ0) is 36.0. The number of rotatable bonds is 13. The van der Waals surface area contributed by atoms with Crippen LogP contribution < -0.4 is 10.0 Å². The molecule has 266 valence electrons. The van der Waals surface area contributed by atoms with E-state index in [0.29, 0.717) is 17.0 Å². The molecule has 3 N–H and O–H groups in total. The molecule has 1 saturated heterocycles. The number of anilines is 1. The fraction of sp³-hybridized carbons (Fsp3) is 0.282. The van der Waals surface area contributed by atoms with Gasteiger partial charge in [-0.05, 0) is 54.3 Å². The molecule has 2 heterocycles. The molecule has 0 bridgehead atoms. The highest BCUT2D eigenvalue weighted by Crippen LogP contribution is 2.43. The van der Waals surface area contributed by atoms with E-state index in [1.54, 1.807) is 48.3 Å². The van der Waals surface area contributed by atoms with Gasteiger partial charge in [0.15, 0.2) is 11.4 Å². The fourth-order valence-corrected chi connectivity index (χ4v) is 8.25. The van der Waals surface area contributed by atoms with Crippen molar-refractivity contribution in [1.29, 1.82) is 0 Å². The second-order valence-electron chi connectivity index (χ2n) is 12.7. The zero-order valence-corrected chi connectivity index (χ0v) is 30.3. The van der Waals surface area contributed by atoms with Gasteiger partial charge < -0.3 is 24.5 Å². The van der Waals surface area contributed by atoms with E-state index in [9.17, 15) is 18.3 Å². The van der Waals surface area contributed by atoms with Crippen molar-refractivity contribution in [3.63, 3.8) is 0 Å². The van der Waals surface area contributed by atoms with Crippen LogP contribution in [0.2, 0.25) is 0 Å². The Bertz CT molecular complexity index is 2020. The minimum absolute atomic E-state index is 0.0165. The number of amides is 1. The maximum Gasteiger partial charge on any atom is 0.242 e. The monoisotopic (exact) mass is 726 g/mol. The van der Waals surface area contributed by atoms with Crippen LogP contribution in [0.3, 0.4) is 0 Å². The van der Waals surface area contributed by atoms with Gasteiger partial charge in [-0.15, -0.1) is 0 Å². The number of nitrogens with zero attached hydrogens (tertiary/aromatic N) is 2. The number of ether oxygens (including phenoxy) is 2. The molecule has 0 saturated carbocycles. The number of aryl methyl sites for hydroxylation is 2. The third kappa shape index (κ3) is 9.14. The molecule has 1 aliphatic heterocycles. The number of carbonyl (C=O) groups excluding carboxylic acids is 1. The number of aliphatic hydroxyl groups is 1. The first-order chi connectivity index (χ1) is 24.6. The van der Waals surface area contributed by atoms with Crippen LogP contribution in [0.5, 0.6) is 0 Å². The van der Waals surface area contributed by atoms with Crippen LogP contribution in [0, 0.1) is 12.8 Å². The van der Waals surface area contributed by atoms with Crippen LogP contribution in [-0.2, 0) is 44.4 Å². The summed E-state index contributed by atoms with van der Waals surface area (Å²) in [7, 11) is -2.05. The molecule has 1 fully saturated rings. The number of aromatic nitrogens is 2. The van der Waals surface area contributed by atoms with Crippen LogP contribution in [-0.4, -0.2) is 46.9 Å². The lowest BCUT2D eigenvalue weighted by molar-refractivity contribution is -0.268. The molecule has 0 spiro atoms. The minimum Gasteiger partial charge on any atom is -0.392 e. The van der Waals surface area contributed by atoms with Crippen molar-refractivity contribution in [3.8, 4) is 0 Å². The zero-order valence-electron chi connectivity index (χ0n) is 28.7. The molecule has 5 atom stereocenters. The first kappa shape index (κ1) is 36.5. The highest BCUT2D eigenvalue weighted by Gasteiger charge is 2.38. The Morgan fingerprint density at radius 3 is 2.37 bits per heavy atom. The summed E-state index contributed by atoms with van der Waals surface area (Å²) in [4.78, 5) is 18.4. The van der Waals surface area contributed by atoms with E-state index in [-0.39, 0.29) is 36.0 Å².